The molecule has 0 aliphatic carbocycles. The summed E-state index contributed by atoms with van der Waals surface area (Å²) in [6.07, 6.45) is 0. The number of halogens is 1. The molecule has 24 heavy (non-hydrogen) atoms. The van der Waals surface area contributed by atoms with Gasteiger partial charge < -0.3 is 15.2 Å². The van der Waals surface area contributed by atoms with Crippen LogP contribution >= 0.6 is 22.9 Å². The smallest absolute Gasteiger partial charge is 0.364 e. The number of carbonyl (C=O) groups excluding carboxylic acids is 1. The van der Waals surface area contributed by atoms with Crippen LogP contribution in [-0.4, -0.2) is 22.7 Å². The Bertz CT molecular complexity index is 787. The molecule has 0 unspecified atom stereocenters. The Balaban J connectivity index is 2.31. The van der Waals surface area contributed by atoms with E-state index in [-0.39, 0.29) is 11.5 Å². The second-order valence-electron chi connectivity index (χ2n) is 4.57. The van der Waals surface area contributed by atoms with Gasteiger partial charge in [-0.05, 0) is 43.3 Å². The first-order valence-electron chi connectivity index (χ1n) is 6.90. The average molecular weight is 368 g/mol. The number of anilines is 2. The predicted octanol–water partition coefficient (Wildman–Crippen LogP) is 4.40. The first-order chi connectivity index (χ1) is 11.5. The minimum absolute atomic E-state index is 0.0657. The molecule has 7 nitrogen and oxygen atoms in total. The highest BCUT2D eigenvalue weighted by molar-refractivity contribution is 7.16. The van der Waals surface area contributed by atoms with Gasteiger partial charge in [0, 0.05) is 10.7 Å². The lowest BCUT2D eigenvalue weighted by molar-refractivity contribution is -0.138. The van der Waals surface area contributed by atoms with Gasteiger partial charge in [0.25, 0.3) is 0 Å². The topological polar surface area (TPSA) is 101 Å². The summed E-state index contributed by atoms with van der Waals surface area (Å²) in [6.45, 7) is 3.29. The van der Waals surface area contributed by atoms with E-state index in [0.29, 0.717) is 15.8 Å². The molecular formula is C15H14ClN3O4S. The summed E-state index contributed by atoms with van der Waals surface area (Å²) in [4.78, 5) is 27.0. The highest BCUT2D eigenvalue weighted by Gasteiger charge is 2.23. The van der Waals surface area contributed by atoms with Crippen molar-refractivity contribution >= 4 is 45.5 Å². The molecule has 1 aromatic carbocycles. The molecule has 9 heteroatoms. The van der Waals surface area contributed by atoms with E-state index in [9.17, 15) is 14.8 Å². The number of thiazole rings is 1. The van der Waals surface area contributed by atoms with E-state index < -0.39 is 17.4 Å². The third-order valence-corrected chi connectivity index (χ3v) is 4.22. The van der Waals surface area contributed by atoms with Crippen LogP contribution in [0.5, 0.6) is 0 Å². The van der Waals surface area contributed by atoms with E-state index in [4.69, 9.17) is 16.3 Å². The van der Waals surface area contributed by atoms with Crippen molar-refractivity contribution in [3.63, 3.8) is 0 Å². The van der Waals surface area contributed by atoms with E-state index in [1.165, 1.54) is 0 Å². The highest BCUT2D eigenvalue weighted by atomic mass is 35.5. The van der Waals surface area contributed by atoms with E-state index in [2.05, 4.69) is 15.5 Å². The van der Waals surface area contributed by atoms with E-state index in [1.54, 1.807) is 38.1 Å². The fourth-order valence-electron chi connectivity index (χ4n) is 1.81. The molecular weight excluding hydrogens is 354 g/mol. The lowest BCUT2D eigenvalue weighted by Gasteiger charge is -2.03. The Hall–Kier alpha value is -2.45. The van der Waals surface area contributed by atoms with Crippen LogP contribution in [0.25, 0.3) is 5.76 Å². The van der Waals surface area contributed by atoms with Crippen molar-refractivity contribution in [1.82, 2.24) is 4.98 Å². The largest absolute Gasteiger partial charge is 0.504 e. The van der Waals surface area contributed by atoms with Crippen molar-refractivity contribution in [2.45, 2.75) is 13.8 Å². The molecule has 0 atom stereocenters. The molecule has 0 saturated carbocycles. The molecule has 0 fully saturated rings. The van der Waals surface area contributed by atoms with Crippen LogP contribution in [0.1, 0.15) is 17.5 Å². The van der Waals surface area contributed by atoms with Crippen molar-refractivity contribution in [2.75, 3.05) is 11.9 Å². The summed E-state index contributed by atoms with van der Waals surface area (Å²) >= 11 is 6.90. The van der Waals surface area contributed by atoms with Crippen LogP contribution in [0.15, 0.2) is 35.1 Å². The summed E-state index contributed by atoms with van der Waals surface area (Å²) in [5.41, 5.74) is 0.517. The number of carbonyl (C=O) groups is 1. The number of esters is 1. The Morgan fingerprint density at radius 1 is 1.42 bits per heavy atom. The Labute approximate surface area is 146 Å². The third kappa shape index (κ3) is 4.09. The second-order valence-corrected chi connectivity index (χ2v) is 6.01. The van der Waals surface area contributed by atoms with Crippen LogP contribution in [0.3, 0.4) is 0 Å². The quantitative estimate of drug-likeness (QED) is 0.339. The first kappa shape index (κ1) is 17.9. The minimum Gasteiger partial charge on any atom is -0.504 e. The van der Waals surface area contributed by atoms with Crippen LogP contribution < -0.4 is 5.32 Å². The third-order valence-electron chi connectivity index (χ3n) is 2.89. The van der Waals surface area contributed by atoms with Gasteiger partial charge in [-0.3, -0.25) is 0 Å². The predicted molar refractivity (Wildman–Crippen MR) is 93.6 cm³/mol. The number of aryl methyl sites for hydroxylation is 1. The van der Waals surface area contributed by atoms with Gasteiger partial charge in [0.15, 0.2) is 10.9 Å². The number of benzene rings is 1. The molecule has 0 saturated heterocycles. The number of ether oxygens (including phenoxy) is 1. The van der Waals surface area contributed by atoms with Gasteiger partial charge in [-0.25, -0.2) is 9.78 Å². The first-order valence-corrected chi connectivity index (χ1v) is 8.09. The number of aliphatic hydroxyl groups is 1. The van der Waals surface area contributed by atoms with Gasteiger partial charge in [-0.1, -0.05) is 22.9 Å². The van der Waals surface area contributed by atoms with Crippen LogP contribution in [0, 0.1) is 11.8 Å². The van der Waals surface area contributed by atoms with E-state index >= 15 is 0 Å². The van der Waals surface area contributed by atoms with E-state index in [1.807, 2.05) is 0 Å². The number of nitroso groups, excluding NO2 is 1. The number of nitrogens with zero attached hydrogens (tertiary/aromatic N) is 2. The summed E-state index contributed by atoms with van der Waals surface area (Å²) in [6, 6.07) is 6.98. The molecule has 0 radical (unpaired) electrons. The molecule has 2 aromatic rings. The maximum absolute atomic E-state index is 11.7. The van der Waals surface area contributed by atoms with Crippen LogP contribution in [0.2, 0.25) is 5.02 Å². The Morgan fingerprint density at radius 2 is 2.08 bits per heavy atom. The molecule has 0 aliphatic heterocycles. The average Bonchev–Trinajstić information content (AvgIpc) is 2.91. The number of rotatable bonds is 6. The maximum Gasteiger partial charge on any atom is 0.364 e. The van der Waals surface area contributed by atoms with Gasteiger partial charge in [0.05, 0.1) is 17.2 Å². The number of nitrogens with one attached hydrogen (secondary N) is 1. The van der Waals surface area contributed by atoms with Crippen LogP contribution in [-0.2, 0) is 9.53 Å². The highest BCUT2D eigenvalue weighted by Crippen LogP contribution is 2.32. The number of aromatic nitrogens is 1. The Kier molecular flexibility index (Phi) is 5.88. The summed E-state index contributed by atoms with van der Waals surface area (Å²) in [7, 11) is 0. The molecule has 0 aliphatic rings. The zero-order valence-corrected chi connectivity index (χ0v) is 14.4. The normalized spacial score (nSPS) is 11.6. The number of hydrogen-bond acceptors (Lipinski definition) is 8. The summed E-state index contributed by atoms with van der Waals surface area (Å²) in [5, 5.41) is 16.9. The Morgan fingerprint density at radius 3 is 2.67 bits per heavy atom. The zero-order valence-electron chi connectivity index (χ0n) is 12.9. The van der Waals surface area contributed by atoms with Gasteiger partial charge in [0.2, 0.25) is 5.70 Å². The lowest BCUT2D eigenvalue weighted by Crippen LogP contribution is -2.08. The molecule has 0 amide bonds. The lowest BCUT2D eigenvalue weighted by atomic mass is 10.3. The molecule has 2 N–H and O–H groups in total. The standard InChI is InChI=1S/C15H14ClN3O4S/c1-3-23-14(21)11(19-22)12(20)13-8(2)17-15(24-13)18-10-6-4-9(16)5-7-10/h4-7,20H,3H2,1-2H3,(H,17,18)/b12-11+. The van der Waals surface area contributed by atoms with Crippen molar-refractivity contribution in [3.8, 4) is 0 Å². The van der Waals surface area contributed by atoms with Crippen LogP contribution in [0.4, 0.5) is 10.8 Å². The molecule has 126 valence electrons. The summed E-state index contributed by atoms with van der Waals surface area (Å²) in [5.74, 6) is -1.53. The summed E-state index contributed by atoms with van der Waals surface area (Å²) < 4.78 is 4.70. The van der Waals surface area contributed by atoms with Gasteiger partial charge in [-0.2, -0.15) is 0 Å². The van der Waals surface area contributed by atoms with Crippen molar-refractivity contribution in [2.24, 2.45) is 5.18 Å². The van der Waals surface area contributed by atoms with Crippen molar-refractivity contribution < 1.29 is 14.6 Å². The van der Waals surface area contributed by atoms with Gasteiger partial charge in [-0.15, -0.1) is 4.91 Å². The molecule has 0 bridgehead atoms. The zero-order chi connectivity index (χ0) is 17.7. The second kappa shape index (κ2) is 7.89. The number of aliphatic hydroxyl groups excluding tert-OH is 1. The fourth-order valence-corrected chi connectivity index (χ4v) is 2.87. The number of hydrogen-bond donors (Lipinski definition) is 2. The van der Waals surface area contributed by atoms with Crippen molar-refractivity contribution in [1.29, 1.82) is 0 Å². The van der Waals surface area contributed by atoms with Gasteiger partial charge >= 0.3 is 5.97 Å². The minimum atomic E-state index is -0.981. The fraction of sp³-hybridized carbons (Fsp3) is 0.200. The van der Waals surface area contributed by atoms with Gasteiger partial charge in [0.1, 0.15) is 0 Å². The van der Waals surface area contributed by atoms with E-state index in [0.717, 1.165) is 17.0 Å². The van der Waals surface area contributed by atoms with Crippen molar-refractivity contribution in [3.05, 3.63) is 50.5 Å². The molecule has 1 aromatic heterocycles. The molecule has 0 spiro atoms. The monoisotopic (exact) mass is 367 g/mol. The maximum atomic E-state index is 11.7. The molecule has 1 heterocycles. The molecule has 2 rings (SSSR count). The SMILES string of the molecule is CCOC(=O)/C(N=O)=C(\O)c1sc(Nc2ccc(Cl)cc2)nc1C.